The monoisotopic (exact) mass is 485 g/mol. The predicted octanol–water partition coefficient (Wildman–Crippen LogP) is 4.43. The Kier molecular flexibility index (Phi) is 6.30. The summed E-state index contributed by atoms with van der Waals surface area (Å²) < 4.78 is 0. The van der Waals surface area contributed by atoms with Crippen molar-refractivity contribution >= 4 is 46.0 Å². The SMILES string of the molecule is CN=C/C(=C\N)c1cc2cc(C(=O)Nc3cc(NC(=O)C45CCCC(CC4)C5)cnc3C)cnc2[nH]1. The van der Waals surface area contributed by atoms with Crippen LogP contribution in [0.1, 0.15) is 60.3 Å². The number of aryl methyl sites for hydroxylation is 1. The Bertz CT molecular complexity index is 1390. The van der Waals surface area contributed by atoms with E-state index >= 15 is 0 Å². The number of rotatable bonds is 6. The summed E-state index contributed by atoms with van der Waals surface area (Å²) in [4.78, 5) is 42.2. The molecule has 186 valence electrons. The van der Waals surface area contributed by atoms with E-state index in [2.05, 4.69) is 30.6 Å². The summed E-state index contributed by atoms with van der Waals surface area (Å²) in [7, 11) is 1.67. The molecule has 3 aromatic rings. The van der Waals surface area contributed by atoms with E-state index in [4.69, 9.17) is 5.73 Å². The average Bonchev–Trinajstić information content (AvgIpc) is 3.44. The molecule has 3 heterocycles. The summed E-state index contributed by atoms with van der Waals surface area (Å²) in [6.07, 6.45) is 12.6. The van der Waals surface area contributed by atoms with Crippen molar-refractivity contribution in [3.63, 3.8) is 0 Å². The summed E-state index contributed by atoms with van der Waals surface area (Å²) in [5.41, 5.74) is 9.78. The largest absolute Gasteiger partial charge is 0.404 e. The lowest BCUT2D eigenvalue weighted by molar-refractivity contribution is -0.126. The van der Waals surface area contributed by atoms with Crippen molar-refractivity contribution in [2.45, 2.75) is 45.4 Å². The Hall–Kier alpha value is -4.01. The summed E-state index contributed by atoms with van der Waals surface area (Å²) in [5.74, 6) is 0.439. The molecular formula is C27H31N7O2. The minimum absolute atomic E-state index is 0.0737. The van der Waals surface area contributed by atoms with Crippen molar-refractivity contribution in [1.29, 1.82) is 0 Å². The van der Waals surface area contributed by atoms with Crippen LogP contribution >= 0.6 is 0 Å². The number of aliphatic imine (C=N–C) groups is 1. The van der Waals surface area contributed by atoms with Crippen LogP contribution in [0.25, 0.3) is 16.6 Å². The van der Waals surface area contributed by atoms with Crippen LogP contribution in [0, 0.1) is 18.3 Å². The second-order valence-electron chi connectivity index (χ2n) is 9.90. The Morgan fingerprint density at radius 1 is 1.17 bits per heavy atom. The van der Waals surface area contributed by atoms with E-state index in [1.165, 1.54) is 18.8 Å². The van der Waals surface area contributed by atoms with Crippen LogP contribution in [0.4, 0.5) is 11.4 Å². The van der Waals surface area contributed by atoms with Gasteiger partial charge in [-0.3, -0.25) is 19.6 Å². The van der Waals surface area contributed by atoms with E-state index in [1.807, 2.05) is 13.0 Å². The number of carbonyl (C=O) groups is 2. The van der Waals surface area contributed by atoms with Crippen molar-refractivity contribution < 1.29 is 9.59 Å². The number of pyridine rings is 2. The highest BCUT2D eigenvalue weighted by atomic mass is 16.2. The zero-order chi connectivity index (χ0) is 25.3. The van der Waals surface area contributed by atoms with Gasteiger partial charge in [0, 0.05) is 42.0 Å². The second-order valence-corrected chi connectivity index (χ2v) is 9.90. The van der Waals surface area contributed by atoms with Gasteiger partial charge < -0.3 is 21.4 Å². The molecule has 2 bridgehead atoms. The molecule has 0 aromatic carbocycles. The van der Waals surface area contributed by atoms with Crippen molar-refractivity contribution in [1.82, 2.24) is 15.0 Å². The van der Waals surface area contributed by atoms with Gasteiger partial charge in [0.1, 0.15) is 5.65 Å². The van der Waals surface area contributed by atoms with E-state index in [1.54, 1.807) is 31.6 Å². The topological polar surface area (TPSA) is 138 Å². The van der Waals surface area contributed by atoms with Crippen LogP contribution in [0.15, 0.2) is 41.8 Å². The maximum atomic E-state index is 13.2. The van der Waals surface area contributed by atoms with Crippen LogP contribution in [0.2, 0.25) is 0 Å². The second kappa shape index (κ2) is 9.56. The van der Waals surface area contributed by atoms with Gasteiger partial charge in [-0.1, -0.05) is 12.8 Å². The molecule has 2 aliphatic rings. The van der Waals surface area contributed by atoms with Crippen LogP contribution in [-0.4, -0.2) is 40.0 Å². The molecule has 0 aliphatic heterocycles. The lowest BCUT2D eigenvalue weighted by atomic mass is 9.75. The number of aromatic nitrogens is 3. The molecule has 2 fully saturated rings. The van der Waals surface area contributed by atoms with E-state index in [9.17, 15) is 9.59 Å². The first kappa shape index (κ1) is 23.7. The molecule has 2 amide bonds. The number of H-pyrrole nitrogens is 1. The third kappa shape index (κ3) is 4.48. The molecule has 5 rings (SSSR count). The molecular weight excluding hydrogens is 454 g/mol. The molecule has 2 saturated carbocycles. The van der Waals surface area contributed by atoms with Gasteiger partial charge in [0.25, 0.3) is 5.91 Å². The van der Waals surface area contributed by atoms with Crippen molar-refractivity contribution in [3.8, 4) is 0 Å². The summed E-state index contributed by atoms with van der Waals surface area (Å²) in [6.45, 7) is 1.82. The maximum Gasteiger partial charge on any atom is 0.257 e. The molecule has 5 N–H and O–H groups in total. The van der Waals surface area contributed by atoms with Gasteiger partial charge in [0.15, 0.2) is 0 Å². The fourth-order valence-corrected chi connectivity index (χ4v) is 5.58. The van der Waals surface area contributed by atoms with E-state index in [0.717, 1.165) is 48.8 Å². The fourth-order valence-electron chi connectivity index (χ4n) is 5.58. The number of nitrogens with one attached hydrogen (secondary N) is 3. The van der Waals surface area contributed by atoms with E-state index in [0.29, 0.717) is 34.2 Å². The number of nitrogens with zero attached hydrogens (tertiary/aromatic N) is 3. The van der Waals surface area contributed by atoms with Crippen LogP contribution in [0.5, 0.6) is 0 Å². The Labute approximate surface area is 209 Å². The quantitative estimate of drug-likeness (QED) is 0.383. The number of amides is 2. The highest BCUT2D eigenvalue weighted by Crippen LogP contribution is 2.51. The van der Waals surface area contributed by atoms with Gasteiger partial charge in [-0.15, -0.1) is 0 Å². The number of carbonyl (C=O) groups excluding carboxylic acids is 2. The number of allylic oxidation sites excluding steroid dienone is 1. The summed E-state index contributed by atoms with van der Waals surface area (Å²) in [5, 5.41) is 6.77. The first-order valence-electron chi connectivity index (χ1n) is 12.3. The molecule has 2 atom stereocenters. The normalized spacial score (nSPS) is 21.7. The minimum atomic E-state index is -0.310. The van der Waals surface area contributed by atoms with E-state index in [-0.39, 0.29) is 17.2 Å². The summed E-state index contributed by atoms with van der Waals surface area (Å²) in [6, 6.07) is 5.41. The van der Waals surface area contributed by atoms with Gasteiger partial charge >= 0.3 is 0 Å². The van der Waals surface area contributed by atoms with Crippen molar-refractivity contribution in [3.05, 3.63) is 53.7 Å². The zero-order valence-corrected chi connectivity index (χ0v) is 20.6. The van der Waals surface area contributed by atoms with Gasteiger partial charge in [-0.05, 0) is 56.7 Å². The fraction of sp³-hybridized carbons (Fsp3) is 0.370. The Morgan fingerprint density at radius 2 is 2.03 bits per heavy atom. The zero-order valence-electron chi connectivity index (χ0n) is 20.6. The molecule has 0 radical (unpaired) electrons. The third-order valence-electron chi connectivity index (χ3n) is 7.54. The van der Waals surface area contributed by atoms with Crippen molar-refractivity contribution in [2.75, 3.05) is 17.7 Å². The van der Waals surface area contributed by atoms with Gasteiger partial charge in [0.2, 0.25) is 5.91 Å². The highest BCUT2D eigenvalue weighted by molar-refractivity contribution is 6.11. The number of anilines is 2. The smallest absolute Gasteiger partial charge is 0.257 e. The molecule has 9 nitrogen and oxygen atoms in total. The van der Waals surface area contributed by atoms with Crippen LogP contribution in [0.3, 0.4) is 0 Å². The van der Waals surface area contributed by atoms with Crippen molar-refractivity contribution in [2.24, 2.45) is 22.1 Å². The lowest BCUT2D eigenvalue weighted by Crippen LogP contribution is -2.35. The first-order valence-corrected chi connectivity index (χ1v) is 12.3. The Balaban J connectivity index is 1.32. The lowest BCUT2D eigenvalue weighted by Gasteiger charge is -2.31. The standard InChI is InChI=1S/C27H31N7O2/c1-16-22(10-21(15-30-16)32-26(36)27-6-3-4-17(11-27)5-7-27)34-25(35)19-8-18-9-23(20(12-28)13-29-2)33-24(18)31-14-19/h8-10,12-15,17H,3-7,11,28H2,1-2H3,(H,31,33)(H,32,36)(H,34,35)/b20-12+,29-13?. The number of nitrogens with two attached hydrogens (primary N) is 1. The average molecular weight is 486 g/mol. The number of hydrogen-bond donors (Lipinski definition) is 4. The van der Waals surface area contributed by atoms with Gasteiger partial charge in [-0.25, -0.2) is 4.98 Å². The predicted molar refractivity (Wildman–Crippen MR) is 142 cm³/mol. The van der Waals surface area contributed by atoms with Gasteiger partial charge in [0.05, 0.1) is 34.5 Å². The molecule has 0 spiro atoms. The molecule has 9 heteroatoms. The molecule has 2 aliphatic carbocycles. The highest BCUT2D eigenvalue weighted by Gasteiger charge is 2.47. The van der Waals surface area contributed by atoms with E-state index < -0.39 is 0 Å². The minimum Gasteiger partial charge on any atom is -0.404 e. The third-order valence-corrected chi connectivity index (χ3v) is 7.54. The number of aromatic amines is 1. The van der Waals surface area contributed by atoms with Crippen LogP contribution < -0.4 is 16.4 Å². The first-order chi connectivity index (χ1) is 17.4. The maximum absolute atomic E-state index is 13.2. The molecule has 0 saturated heterocycles. The number of fused-ring (bicyclic) bond motifs is 3. The molecule has 2 unspecified atom stereocenters. The number of hydrogen-bond acceptors (Lipinski definition) is 6. The molecule has 3 aromatic heterocycles. The van der Waals surface area contributed by atoms with Crippen LogP contribution in [-0.2, 0) is 4.79 Å². The molecule has 36 heavy (non-hydrogen) atoms. The Morgan fingerprint density at radius 3 is 2.83 bits per heavy atom. The summed E-state index contributed by atoms with van der Waals surface area (Å²) >= 11 is 0. The van der Waals surface area contributed by atoms with Gasteiger partial charge in [-0.2, -0.15) is 0 Å².